The average Bonchev–Trinajstić information content (AvgIpc) is 3.31. The monoisotopic (exact) mass is 435 g/mol. The first-order chi connectivity index (χ1) is 15.5. The minimum atomic E-state index is -0.566. The number of hydrogen-bond donors (Lipinski definition) is 0. The average molecular weight is 436 g/mol. The molecule has 1 aliphatic carbocycles. The van der Waals surface area contributed by atoms with Crippen molar-refractivity contribution in [1.29, 1.82) is 0 Å². The molecule has 0 unspecified atom stereocenters. The fourth-order valence-electron chi connectivity index (χ4n) is 5.43. The molecule has 3 fully saturated rings. The second kappa shape index (κ2) is 8.34. The molecule has 4 heterocycles. The predicted octanol–water partition coefficient (Wildman–Crippen LogP) is 3.05. The fraction of sp³-hybridized carbons (Fsp3) is 0.600. The van der Waals surface area contributed by atoms with Crippen molar-refractivity contribution in [2.75, 3.05) is 26.2 Å². The van der Waals surface area contributed by atoms with E-state index in [4.69, 9.17) is 4.98 Å². The van der Waals surface area contributed by atoms with E-state index in [0.717, 1.165) is 37.3 Å². The quantitative estimate of drug-likeness (QED) is 0.699. The normalized spacial score (nSPS) is 25.8. The van der Waals surface area contributed by atoms with Crippen LogP contribution in [0.5, 0.6) is 0 Å². The van der Waals surface area contributed by atoms with Gasteiger partial charge in [-0.1, -0.05) is 6.07 Å². The number of aromatic nitrogens is 3. The molecule has 7 nitrogen and oxygen atoms in total. The Morgan fingerprint density at radius 3 is 2.78 bits per heavy atom. The second-order valence-corrected chi connectivity index (χ2v) is 10.1. The lowest BCUT2D eigenvalue weighted by molar-refractivity contribution is -0.147. The van der Waals surface area contributed by atoms with E-state index in [1.165, 1.54) is 12.8 Å². The lowest BCUT2D eigenvalue weighted by Crippen LogP contribution is -2.53. The maximum atomic E-state index is 13.9. The van der Waals surface area contributed by atoms with Crippen LogP contribution in [0.25, 0.3) is 0 Å². The van der Waals surface area contributed by atoms with Crippen LogP contribution in [0, 0.1) is 11.3 Å². The number of rotatable bonds is 6. The van der Waals surface area contributed by atoms with Crippen molar-refractivity contribution in [3.8, 4) is 0 Å². The summed E-state index contributed by atoms with van der Waals surface area (Å²) >= 11 is 0. The molecular weight excluding hydrogens is 402 g/mol. The summed E-state index contributed by atoms with van der Waals surface area (Å²) in [7, 11) is 0. The van der Waals surface area contributed by atoms with Crippen LogP contribution in [-0.4, -0.2) is 62.3 Å². The Morgan fingerprint density at radius 2 is 2.09 bits per heavy atom. The zero-order chi connectivity index (χ0) is 22.3. The van der Waals surface area contributed by atoms with Crippen LogP contribution in [0.4, 0.5) is 0 Å². The van der Waals surface area contributed by atoms with E-state index < -0.39 is 5.41 Å². The van der Waals surface area contributed by atoms with Gasteiger partial charge in [0.2, 0.25) is 11.8 Å². The largest absolute Gasteiger partial charge is 0.342 e. The summed E-state index contributed by atoms with van der Waals surface area (Å²) in [6, 6.07) is 5.95. The van der Waals surface area contributed by atoms with E-state index in [9.17, 15) is 9.59 Å². The summed E-state index contributed by atoms with van der Waals surface area (Å²) < 4.78 is 2.09. The smallest absolute Gasteiger partial charge is 0.231 e. The minimum absolute atomic E-state index is 0.0426. The molecule has 32 heavy (non-hydrogen) atoms. The fourth-order valence-corrected chi connectivity index (χ4v) is 5.43. The lowest BCUT2D eigenvalue weighted by Gasteiger charge is -2.42. The summed E-state index contributed by atoms with van der Waals surface area (Å²) in [5, 5.41) is 0. The zero-order valence-electron chi connectivity index (χ0n) is 19.1. The molecular formula is C25H33N5O2. The first-order valence-electron chi connectivity index (χ1n) is 12.0. The molecule has 2 saturated heterocycles. The summed E-state index contributed by atoms with van der Waals surface area (Å²) in [6.07, 6.45) is 10.2. The molecule has 0 aromatic carbocycles. The summed E-state index contributed by atoms with van der Waals surface area (Å²) in [5.41, 5.74) is 1.14. The highest BCUT2D eigenvalue weighted by Gasteiger charge is 2.57. The maximum Gasteiger partial charge on any atom is 0.231 e. The zero-order valence-corrected chi connectivity index (χ0v) is 19.1. The Hall–Kier alpha value is -2.70. The highest BCUT2D eigenvalue weighted by atomic mass is 16.2. The van der Waals surface area contributed by atoms with E-state index in [1.54, 1.807) is 6.20 Å². The van der Waals surface area contributed by atoms with Crippen molar-refractivity contribution >= 4 is 11.8 Å². The first kappa shape index (κ1) is 21.2. The molecule has 1 saturated carbocycles. The van der Waals surface area contributed by atoms with Crippen LogP contribution in [-0.2, 0) is 16.0 Å². The third-order valence-electron chi connectivity index (χ3n) is 7.47. The molecule has 0 radical (unpaired) electrons. The summed E-state index contributed by atoms with van der Waals surface area (Å²) in [4.78, 5) is 40.2. The third kappa shape index (κ3) is 3.93. The van der Waals surface area contributed by atoms with Crippen molar-refractivity contribution in [1.82, 2.24) is 24.3 Å². The van der Waals surface area contributed by atoms with Crippen LogP contribution >= 0.6 is 0 Å². The lowest BCUT2D eigenvalue weighted by atomic mass is 9.70. The van der Waals surface area contributed by atoms with Crippen LogP contribution < -0.4 is 0 Å². The molecule has 2 aliphatic heterocycles. The topological polar surface area (TPSA) is 71.3 Å². The van der Waals surface area contributed by atoms with Gasteiger partial charge in [0.1, 0.15) is 0 Å². The van der Waals surface area contributed by atoms with Crippen LogP contribution in [0.3, 0.4) is 0 Å². The standard InChI is InChI=1S/C25H33N5O2/c1-18(2)30-15-22(27-17-30)21-14-29(23(31)12-20-6-3-4-10-26-20)16-25(21)9-5-11-28(24(25)32)13-19-7-8-19/h3-4,6,10,15,17-19,21H,5,7-9,11-14,16H2,1-2H3/t21-,25-/m0/s1. The van der Waals surface area contributed by atoms with Gasteiger partial charge in [0, 0.05) is 56.2 Å². The van der Waals surface area contributed by atoms with Gasteiger partial charge < -0.3 is 14.4 Å². The molecule has 2 aromatic rings. The molecule has 0 bridgehead atoms. The number of nitrogens with zero attached hydrogens (tertiary/aromatic N) is 5. The van der Waals surface area contributed by atoms with Gasteiger partial charge >= 0.3 is 0 Å². The Kier molecular flexibility index (Phi) is 5.51. The molecule has 1 spiro atoms. The summed E-state index contributed by atoms with van der Waals surface area (Å²) in [5.74, 6) is 0.870. The first-order valence-corrected chi connectivity index (χ1v) is 12.0. The Balaban J connectivity index is 1.44. The van der Waals surface area contributed by atoms with Crippen molar-refractivity contribution in [2.45, 2.75) is 57.9 Å². The van der Waals surface area contributed by atoms with Crippen molar-refractivity contribution < 1.29 is 9.59 Å². The van der Waals surface area contributed by atoms with E-state index in [0.29, 0.717) is 25.0 Å². The number of hydrogen-bond acceptors (Lipinski definition) is 4. The number of imidazole rings is 1. The Morgan fingerprint density at radius 1 is 1.25 bits per heavy atom. The molecule has 2 atom stereocenters. The van der Waals surface area contributed by atoms with Gasteiger partial charge in [-0.25, -0.2) is 4.98 Å². The maximum absolute atomic E-state index is 13.9. The number of likely N-dealkylation sites (tertiary alicyclic amines) is 2. The molecule has 170 valence electrons. The Labute approximate surface area is 189 Å². The molecule has 7 heteroatoms. The van der Waals surface area contributed by atoms with E-state index >= 15 is 0 Å². The molecule has 5 rings (SSSR count). The number of pyridine rings is 1. The minimum Gasteiger partial charge on any atom is -0.342 e. The van der Waals surface area contributed by atoms with Gasteiger partial charge in [-0.3, -0.25) is 14.6 Å². The highest BCUT2D eigenvalue weighted by molar-refractivity contribution is 5.88. The number of carbonyl (C=O) groups excluding carboxylic acids is 2. The van der Waals surface area contributed by atoms with E-state index in [-0.39, 0.29) is 24.2 Å². The van der Waals surface area contributed by atoms with Crippen LogP contribution in [0.2, 0.25) is 0 Å². The SMILES string of the molecule is CC(C)n1cnc([C@@H]2CN(C(=O)Cc3ccccn3)C[C@@]23CCCN(CC2CC2)C3=O)c1. The van der Waals surface area contributed by atoms with Gasteiger partial charge in [-0.05, 0) is 57.6 Å². The van der Waals surface area contributed by atoms with Crippen molar-refractivity contribution in [2.24, 2.45) is 11.3 Å². The number of carbonyl (C=O) groups is 2. The van der Waals surface area contributed by atoms with Gasteiger partial charge in [0.05, 0.1) is 23.9 Å². The number of amides is 2. The van der Waals surface area contributed by atoms with Crippen LogP contribution in [0.15, 0.2) is 36.9 Å². The summed E-state index contributed by atoms with van der Waals surface area (Å²) in [6.45, 7) is 6.99. The molecule has 3 aliphatic rings. The van der Waals surface area contributed by atoms with E-state index in [1.807, 2.05) is 29.4 Å². The van der Waals surface area contributed by atoms with Gasteiger partial charge in [0.15, 0.2) is 0 Å². The molecule has 2 aromatic heterocycles. The van der Waals surface area contributed by atoms with Crippen LogP contribution in [0.1, 0.15) is 62.9 Å². The van der Waals surface area contributed by atoms with Gasteiger partial charge in [-0.2, -0.15) is 0 Å². The van der Waals surface area contributed by atoms with Crippen molar-refractivity contribution in [3.05, 3.63) is 48.3 Å². The molecule has 2 amide bonds. The molecule has 0 N–H and O–H groups in total. The van der Waals surface area contributed by atoms with Crippen molar-refractivity contribution in [3.63, 3.8) is 0 Å². The predicted molar refractivity (Wildman–Crippen MR) is 121 cm³/mol. The number of piperidine rings is 1. The van der Waals surface area contributed by atoms with Gasteiger partial charge in [-0.15, -0.1) is 0 Å². The highest BCUT2D eigenvalue weighted by Crippen LogP contribution is 2.49. The van der Waals surface area contributed by atoms with E-state index in [2.05, 4.69) is 34.5 Å². The Bertz CT molecular complexity index is 983. The third-order valence-corrected chi connectivity index (χ3v) is 7.47. The van der Waals surface area contributed by atoms with Gasteiger partial charge in [0.25, 0.3) is 0 Å². The second-order valence-electron chi connectivity index (χ2n) is 10.1.